The van der Waals surface area contributed by atoms with Gasteiger partial charge in [0.2, 0.25) is 0 Å². The summed E-state index contributed by atoms with van der Waals surface area (Å²) in [5, 5.41) is 18.2. The Hall–Kier alpha value is -1.77. The summed E-state index contributed by atoms with van der Waals surface area (Å²) in [6, 6.07) is 4.49. The lowest BCUT2D eigenvalue weighted by atomic mass is 10.1. The van der Waals surface area contributed by atoms with Crippen LogP contribution in [0.1, 0.15) is 12.5 Å². The van der Waals surface area contributed by atoms with Crippen molar-refractivity contribution in [2.45, 2.75) is 6.92 Å². The summed E-state index contributed by atoms with van der Waals surface area (Å²) >= 11 is 0. The molecule has 0 aromatic heterocycles. The van der Waals surface area contributed by atoms with Gasteiger partial charge in [0.1, 0.15) is 6.29 Å². The molecule has 74 valence electrons. The number of rotatable bonds is 3. The van der Waals surface area contributed by atoms with E-state index >= 15 is 0 Å². The number of hydrogen-bond acceptors (Lipinski definition) is 3. The van der Waals surface area contributed by atoms with E-state index in [9.17, 15) is 4.79 Å². The monoisotopic (exact) mass is 192 g/mol. The Morgan fingerprint density at radius 2 is 2.00 bits per heavy atom. The molecule has 14 heavy (non-hydrogen) atoms. The second-order valence-corrected chi connectivity index (χ2v) is 3.10. The van der Waals surface area contributed by atoms with Gasteiger partial charge in [-0.05, 0) is 17.7 Å². The van der Waals surface area contributed by atoms with Gasteiger partial charge in [-0.25, -0.2) is 0 Å². The standard InChI is InChI=1S/C11H12O3/c1-8(7-12)2-3-9-4-5-10(13)11(14)6-9/h2-8,13-14H,1H3. The van der Waals surface area contributed by atoms with Crippen molar-refractivity contribution in [1.82, 2.24) is 0 Å². The van der Waals surface area contributed by atoms with Gasteiger partial charge in [-0.3, -0.25) is 0 Å². The van der Waals surface area contributed by atoms with Gasteiger partial charge in [0.25, 0.3) is 0 Å². The van der Waals surface area contributed by atoms with Gasteiger partial charge in [-0.15, -0.1) is 0 Å². The molecule has 0 amide bonds. The largest absolute Gasteiger partial charge is 0.504 e. The first-order chi connectivity index (χ1) is 6.63. The normalized spacial score (nSPS) is 12.9. The summed E-state index contributed by atoms with van der Waals surface area (Å²) in [5.41, 5.74) is 0.744. The van der Waals surface area contributed by atoms with E-state index in [0.29, 0.717) is 0 Å². The number of carbonyl (C=O) groups excluding carboxylic acids is 1. The first-order valence-corrected chi connectivity index (χ1v) is 4.29. The molecule has 0 aliphatic carbocycles. The molecule has 1 aromatic carbocycles. The number of aldehydes is 1. The third kappa shape index (κ3) is 2.62. The molecule has 1 unspecified atom stereocenters. The minimum Gasteiger partial charge on any atom is -0.504 e. The van der Waals surface area contributed by atoms with Crippen LogP contribution in [0.2, 0.25) is 0 Å². The minimum atomic E-state index is -0.161. The average molecular weight is 192 g/mol. The van der Waals surface area contributed by atoms with Crippen LogP contribution < -0.4 is 0 Å². The summed E-state index contributed by atoms with van der Waals surface area (Å²) in [6.07, 6.45) is 4.27. The molecule has 1 rings (SSSR count). The summed E-state index contributed by atoms with van der Waals surface area (Å²) in [7, 11) is 0. The third-order valence-corrected chi connectivity index (χ3v) is 1.81. The van der Waals surface area contributed by atoms with Crippen LogP contribution in [0.15, 0.2) is 24.3 Å². The highest BCUT2D eigenvalue weighted by Gasteiger charge is 1.98. The number of phenols is 2. The second kappa shape index (κ2) is 4.46. The lowest BCUT2D eigenvalue weighted by Gasteiger charge is -1.99. The van der Waals surface area contributed by atoms with Gasteiger partial charge >= 0.3 is 0 Å². The van der Waals surface area contributed by atoms with Crippen molar-refractivity contribution in [3.8, 4) is 11.5 Å². The number of benzene rings is 1. The van der Waals surface area contributed by atoms with Gasteiger partial charge in [-0.1, -0.05) is 25.1 Å². The summed E-state index contributed by atoms with van der Waals surface area (Å²) in [4.78, 5) is 10.3. The van der Waals surface area contributed by atoms with Crippen molar-refractivity contribution in [2.75, 3.05) is 0 Å². The number of aromatic hydroxyl groups is 2. The molecule has 3 nitrogen and oxygen atoms in total. The fourth-order valence-corrected chi connectivity index (χ4v) is 0.952. The molecule has 0 bridgehead atoms. The van der Waals surface area contributed by atoms with E-state index in [0.717, 1.165) is 11.8 Å². The number of carbonyl (C=O) groups is 1. The fraction of sp³-hybridized carbons (Fsp3) is 0.182. The summed E-state index contributed by atoms with van der Waals surface area (Å²) in [6.45, 7) is 1.77. The molecule has 1 aromatic rings. The van der Waals surface area contributed by atoms with Crippen LogP contribution >= 0.6 is 0 Å². The molecule has 2 N–H and O–H groups in total. The first kappa shape index (κ1) is 10.3. The van der Waals surface area contributed by atoms with Gasteiger partial charge in [0, 0.05) is 5.92 Å². The molecule has 0 saturated heterocycles. The summed E-state index contributed by atoms with van der Waals surface area (Å²) in [5.74, 6) is -0.456. The van der Waals surface area contributed by atoms with Crippen LogP contribution in [0.5, 0.6) is 11.5 Å². The lowest BCUT2D eigenvalue weighted by Crippen LogP contribution is -1.87. The maximum atomic E-state index is 10.3. The van der Waals surface area contributed by atoms with Crippen molar-refractivity contribution in [3.63, 3.8) is 0 Å². The lowest BCUT2D eigenvalue weighted by molar-refractivity contribution is -0.109. The van der Waals surface area contributed by atoms with E-state index in [4.69, 9.17) is 10.2 Å². The van der Waals surface area contributed by atoms with Gasteiger partial charge in [0.05, 0.1) is 0 Å². The van der Waals surface area contributed by atoms with Crippen LogP contribution in [-0.2, 0) is 4.79 Å². The molecule has 0 fully saturated rings. The number of allylic oxidation sites excluding steroid dienone is 1. The number of phenolic OH excluding ortho intramolecular Hbond substituents is 2. The first-order valence-electron chi connectivity index (χ1n) is 4.29. The molecular weight excluding hydrogens is 180 g/mol. The van der Waals surface area contributed by atoms with Crippen LogP contribution in [0, 0.1) is 5.92 Å². The Morgan fingerprint density at radius 1 is 1.29 bits per heavy atom. The smallest absolute Gasteiger partial charge is 0.157 e. The van der Waals surface area contributed by atoms with E-state index in [1.165, 1.54) is 12.1 Å². The Labute approximate surface area is 82.3 Å². The van der Waals surface area contributed by atoms with Crippen molar-refractivity contribution in [2.24, 2.45) is 5.92 Å². The predicted octanol–water partition coefficient (Wildman–Crippen LogP) is 1.95. The van der Waals surface area contributed by atoms with Crippen molar-refractivity contribution < 1.29 is 15.0 Å². The fourth-order valence-electron chi connectivity index (χ4n) is 0.952. The van der Waals surface area contributed by atoms with Crippen molar-refractivity contribution in [1.29, 1.82) is 0 Å². The minimum absolute atomic E-state index is 0.147. The zero-order valence-electron chi connectivity index (χ0n) is 7.84. The van der Waals surface area contributed by atoms with E-state index in [1.807, 2.05) is 0 Å². The quantitative estimate of drug-likeness (QED) is 0.568. The highest BCUT2D eigenvalue weighted by Crippen LogP contribution is 2.25. The molecule has 3 heteroatoms. The topological polar surface area (TPSA) is 57.5 Å². The maximum Gasteiger partial charge on any atom is 0.157 e. The zero-order valence-corrected chi connectivity index (χ0v) is 7.84. The van der Waals surface area contributed by atoms with Crippen LogP contribution in [0.3, 0.4) is 0 Å². The van der Waals surface area contributed by atoms with Gasteiger partial charge in [-0.2, -0.15) is 0 Å². The Kier molecular flexibility index (Phi) is 3.29. The van der Waals surface area contributed by atoms with E-state index in [1.54, 1.807) is 25.1 Å². The van der Waals surface area contributed by atoms with E-state index in [2.05, 4.69) is 0 Å². The van der Waals surface area contributed by atoms with Gasteiger partial charge < -0.3 is 15.0 Å². The van der Waals surface area contributed by atoms with Crippen molar-refractivity contribution in [3.05, 3.63) is 29.8 Å². The molecule has 0 saturated carbocycles. The highest BCUT2D eigenvalue weighted by atomic mass is 16.3. The molecule has 0 aliphatic rings. The van der Waals surface area contributed by atoms with Crippen LogP contribution in [-0.4, -0.2) is 16.5 Å². The zero-order chi connectivity index (χ0) is 10.6. The molecule has 0 radical (unpaired) electrons. The molecule has 1 atom stereocenters. The molecule has 0 spiro atoms. The molecule has 0 heterocycles. The Balaban J connectivity index is 2.82. The molecule has 0 aliphatic heterocycles. The van der Waals surface area contributed by atoms with E-state index in [-0.39, 0.29) is 17.4 Å². The number of hydrogen-bond donors (Lipinski definition) is 2. The SMILES string of the molecule is CC(C=O)C=Cc1ccc(O)c(O)c1. The molecular formula is C11H12O3. The highest BCUT2D eigenvalue weighted by molar-refractivity contribution is 5.62. The van der Waals surface area contributed by atoms with E-state index < -0.39 is 0 Å². The average Bonchev–Trinajstić information content (AvgIpc) is 2.19. The third-order valence-electron chi connectivity index (χ3n) is 1.81. The maximum absolute atomic E-state index is 10.3. The Bertz CT molecular complexity index is 356. The van der Waals surface area contributed by atoms with Crippen LogP contribution in [0.4, 0.5) is 0 Å². The Morgan fingerprint density at radius 3 is 2.57 bits per heavy atom. The van der Waals surface area contributed by atoms with Gasteiger partial charge in [0.15, 0.2) is 11.5 Å². The predicted molar refractivity (Wildman–Crippen MR) is 54.0 cm³/mol. The van der Waals surface area contributed by atoms with Crippen LogP contribution in [0.25, 0.3) is 6.08 Å². The van der Waals surface area contributed by atoms with Crippen molar-refractivity contribution >= 4 is 12.4 Å². The summed E-state index contributed by atoms with van der Waals surface area (Å²) < 4.78 is 0. The second-order valence-electron chi connectivity index (χ2n) is 3.10.